The predicted molar refractivity (Wildman–Crippen MR) is 293 cm³/mol. The Bertz CT molecular complexity index is 1230. The minimum absolute atomic E-state index is 0.0756. The highest BCUT2D eigenvalue weighted by Gasteiger charge is 2.19. The Balaban J connectivity index is 4.30. The Morgan fingerprint density at radius 2 is 0.574 bits per heavy atom. The zero-order valence-electron chi connectivity index (χ0n) is 45.1. The van der Waals surface area contributed by atoms with Gasteiger partial charge in [0.2, 0.25) is 0 Å². The smallest absolute Gasteiger partial charge is 0.306 e. The fourth-order valence-corrected chi connectivity index (χ4v) is 8.37. The lowest BCUT2D eigenvalue weighted by atomic mass is 10.0. The highest BCUT2D eigenvalue weighted by atomic mass is 16.6. The average molecular weight is 952 g/mol. The van der Waals surface area contributed by atoms with Crippen LogP contribution in [0.3, 0.4) is 0 Å². The highest BCUT2D eigenvalue weighted by Crippen LogP contribution is 2.16. The number of carbonyl (C=O) groups is 3. The number of rotatable bonds is 53. The summed E-state index contributed by atoms with van der Waals surface area (Å²) < 4.78 is 16.9. The topological polar surface area (TPSA) is 78.9 Å². The number of unbranched alkanes of at least 4 members (excludes halogenated alkanes) is 32. The molecule has 6 nitrogen and oxygen atoms in total. The second kappa shape index (κ2) is 56.7. The third kappa shape index (κ3) is 54.1. The normalized spacial score (nSPS) is 12.5. The van der Waals surface area contributed by atoms with Gasteiger partial charge in [0.25, 0.3) is 0 Å². The summed E-state index contributed by atoms with van der Waals surface area (Å²) in [5, 5.41) is 0. The number of allylic oxidation sites excluding steroid dienone is 10. The predicted octanol–water partition coefficient (Wildman–Crippen LogP) is 19.6. The van der Waals surface area contributed by atoms with Gasteiger partial charge in [0.05, 0.1) is 0 Å². The monoisotopic (exact) mass is 951 g/mol. The summed E-state index contributed by atoms with van der Waals surface area (Å²) in [4.78, 5) is 38.1. The largest absolute Gasteiger partial charge is 0.462 e. The van der Waals surface area contributed by atoms with Gasteiger partial charge >= 0.3 is 17.9 Å². The molecule has 1 unspecified atom stereocenters. The first-order valence-corrected chi connectivity index (χ1v) is 29.3. The van der Waals surface area contributed by atoms with Gasteiger partial charge in [0.15, 0.2) is 6.10 Å². The van der Waals surface area contributed by atoms with E-state index in [2.05, 4.69) is 81.5 Å². The third-order valence-corrected chi connectivity index (χ3v) is 12.8. The second-order valence-electron chi connectivity index (χ2n) is 19.5. The molecule has 0 fully saturated rings. The third-order valence-electron chi connectivity index (χ3n) is 12.8. The number of hydrogen-bond acceptors (Lipinski definition) is 6. The quantitative estimate of drug-likeness (QED) is 0.0262. The van der Waals surface area contributed by atoms with Gasteiger partial charge < -0.3 is 14.2 Å². The molecule has 1 atom stereocenters. The maximum absolute atomic E-state index is 12.8. The Morgan fingerprint density at radius 1 is 0.309 bits per heavy atom. The molecule has 0 aliphatic rings. The van der Waals surface area contributed by atoms with E-state index in [0.717, 1.165) is 96.3 Å². The van der Waals surface area contributed by atoms with Crippen LogP contribution >= 0.6 is 0 Å². The summed E-state index contributed by atoms with van der Waals surface area (Å²) in [7, 11) is 0. The van der Waals surface area contributed by atoms with Crippen molar-refractivity contribution < 1.29 is 28.6 Å². The molecular formula is C62H110O6. The Kier molecular flexibility index (Phi) is 54.3. The van der Waals surface area contributed by atoms with Crippen molar-refractivity contribution in [1.82, 2.24) is 0 Å². The lowest BCUT2D eigenvalue weighted by Gasteiger charge is -2.18. The van der Waals surface area contributed by atoms with Crippen LogP contribution in [0.1, 0.15) is 297 Å². The zero-order chi connectivity index (χ0) is 49.3. The van der Waals surface area contributed by atoms with Crippen molar-refractivity contribution in [3.05, 3.63) is 60.8 Å². The molecule has 0 aliphatic heterocycles. The lowest BCUT2D eigenvalue weighted by Crippen LogP contribution is -2.30. The van der Waals surface area contributed by atoms with Crippen molar-refractivity contribution in [2.75, 3.05) is 13.2 Å². The van der Waals surface area contributed by atoms with E-state index in [4.69, 9.17) is 14.2 Å². The van der Waals surface area contributed by atoms with Crippen molar-refractivity contribution in [2.24, 2.45) is 0 Å². The molecule has 0 amide bonds. The lowest BCUT2D eigenvalue weighted by molar-refractivity contribution is -0.167. The van der Waals surface area contributed by atoms with Crippen LogP contribution in [0.25, 0.3) is 0 Å². The van der Waals surface area contributed by atoms with Crippen molar-refractivity contribution in [2.45, 2.75) is 303 Å². The van der Waals surface area contributed by atoms with Crippen LogP contribution < -0.4 is 0 Å². The molecule has 0 spiro atoms. The van der Waals surface area contributed by atoms with Crippen LogP contribution in [0.5, 0.6) is 0 Å². The second-order valence-corrected chi connectivity index (χ2v) is 19.5. The van der Waals surface area contributed by atoms with Crippen LogP contribution in [0, 0.1) is 0 Å². The number of esters is 3. The number of carbonyl (C=O) groups excluding carboxylic acids is 3. The molecule has 0 aromatic rings. The minimum atomic E-state index is -0.778. The van der Waals surface area contributed by atoms with Gasteiger partial charge in [0, 0.05) is 19.3 Å². The molecule has 0 radical (unpaired) electrons. The summed E-state index contributed by atoms with van der Waals surface area (Å²) in [6.07, 6.45) is 70.7. The maximum atomic E-state index is 12.8. The Labute approximate surface area is 421 Å². The van der Waals surface area contributed by atoms with E-state index in [1.165, 1.54) is 161 Å². The molecule has 394 valence electrons. The molecule has 0 N–H and O–H groups in total. The summed E-state index contributed by atoms with van der Waals surface area (Å²) in [5.41, 5.74) is 0. The maximum Gasteiger partial charge on any atom is 0.306 e. The molecule has 0 saturated heterocycles. The van der Waals surface area contributed by atoms with Gasteiger partial charge in [-0.3, -0.25) is 14.4 Å². The van der Waals surface area contributed by atoms with Crippen molar-refractivity contribution in [3.63, 3.8) is 0 Å². The first-order valence-electron chi connectivity index (χ1n) is 29.3. The van der Waals surface area contributed by atoms with Crippen LogP contribution in [0.15, 0.2) is 60.8 Å². The van der Waals surface area contributed by atoms with E-state index in [-0.39, 0.29) is 31.1 Å². The molecule has 0 rings (SSSR count). The first-order chi connectivity index (χ1) is 33.5. The highest BCUT2D eigenvalue weighted by molar-refractivity contribution is 5.71. The fourth-order valence-electron chi connectivity index (χ4n) is 8.37. The van der Waals surface area contributed by atoms with Gasteiger partial charge in [-0.2, -0.15) is 0 Å². The SMILES string of the molecule is CC/C=C\C/C=C\C/C=C\C/C=C\CCCCCCCCCCCCC(=O)OCC(COC(=O)CCCCCCCCCCCCCCC)OC(=O)CCCCCCC/C=C\CCCCCCC. The van der Waals surface area contributed by atoms with Crippen molar-refractivity contribution in [1.29, 1.82) is 0 Å². The van der Waals surface area contributed by atoms with Crippen LogP contribution in [0.2, 0.25) is 0 Å². The van der Waals surface area contributed by atoms with Crippen LogP contribution in [-0.4, -0.2) is 37.2 Å². The molecule has 0 aromatic heterocycles. The summed E-state index contributed by atoms with van der Waals surface area (Å²) in [6.45, 7) is 6.53. The van der Waals surface area contributed by atoms with E-state index in [1.807, 2.05) is 0 Å². The van der Waals surface area contributed by atoms with E-state index in [0.29, 0.717) is 19.3 Å². The first kappa shape index (κ1) is 65.1. The number of hydrogen-bond donors (Lipinski definition) is 0. The zero-order valence-corrected chi connectivity index (χ0v) is 45.1. The van der Waals surface area contributed by atoms with E-state index in [1.54, 1.807) is 0 Å². The van der Waals surface area contributed by atoms with Gasteiger partial charge in [-0.15, -0.1) is 0 Å². The molecule has 0 saturated carbocycles. The molecule has 6 heteroatoms. The molecule has 0 aromatic carbocycles. The van der Waals surface area contributed by atoms with Crippen LogP contribution in [-0.2, 0) is 28.6 Å². The van der Waals surface area contributed by atoms with Crippen LogP contribution in [0.4, 0.5) is 0 Å². The standard InChI is InChI=1S/C62H110O6/c1-4-7-10-13-16-19-22-25-27-28-29-30-31-32-33-34-35-38-40-43-46-49-52-55-61(64)67-58-59(57-66-60(63)54-51-48-45-42-39-36-24-21-18-15-12-9-6-3)68-62(65)56-53-50-47-44-41-37-26-23-20-17-14-11-8-5-2/h7,10,16,19,23,25-27,29-30,59H,4-6,8-9,11-15,17-18,20-22,24,28,31-58H2,1-3H3/b10-7-,19-16-,26-23-,27-25-,30-29-. The van der Waals surface area contributed by atoms with Crippen molar-refractivity contribution in [3.8, 4) is 0 Å². The number of ether oxygens (including phenoxy) is 3. The Hall–Kier alpha value is -2.89. The molecule has 68 heavy (non-hydrogen) atoms. The van der Waals surface area contributed by atoms with E-state index >= 15 is 0 Å². The van der Waals surface area contributed by atoms with Crippen molar-refractivity contribution >= 4 is 17.9 Å². The molecule has 0 bridgehead atoms. The van der Waals surface area contributed by atoms with Gasteiger partial charge in [0.1, 0.15) is 13.2 Å². The summed E-state index contributed by atoms with van der Waals surface area (Å²) >= 11 is 0. The minimum Gasteiger partial charge on any atom is -0.462 e. The van der Waals surface area contributed by atoms with Gasteiger partial charge in [-0.25, -0.2) is 0 Å². The summed E-state index contributed by atoms with van der Waals surface area (Å²) in [5.74, 6) is -0.876. The molecular weight excluding hydrogens is 841 g/mol. The summed E-state index contributed by atoms with van der Waals surface area (Å²) in [6, 6.07) is 0. The van der Waals surface area contributed by atoms with Gasteiger partial charge in [-0.1, -0.05) is 255 Å². The average Bonchev–Trinajstić information content (AvgIpc) is 3.34. The Morgan fingerprint density at radius 3 is 0.912 bits per heavy atom. The molecule has 0 aliphatic carbocycles. The molecule has 0 heterocycles. The van der Waals surface area contributed by atoms with E-state index < -0.39 is 6.10 Å². The fraction of sp³-hybridized carbons (Fsp3) is 0.790. The van der Waals surface area contributed by atoms with E-state index in [9.17, 15) is 14.4 Å². The van der Waals surface area contributed by atoms with Gasteiger partial charge in [-0.05, 0) is 83.5 Å².